The molecule has 0 saturated carbocycles. The number of ether oxygens (including phenoxy) is 2. The van der Waals surface area contributed by atoms with Crippen LogP contribution in [0.25, 0.3) is 0 Å². The fourth-order valence-corrected chi connectivity index (χ4v) is 1.61. The topological polar surface area (TPSA) is 35.5 Å². The minimum absolute atomic E-state index is 0. The highest BCUT2D eigenvalue weighted by Crippen LogP contribution is 2.32. The van der Waals surface area contributed by atoms with Crippen LogP contribution in [-0.4, -0.2) is 28.6 Å². The van der Waals surface area contributed by atoms with Crippen LogP contribution in [-0.2, 0) is 14.3 Å². The molecule has 16 heavy (non-hydrogen) atoms. The molecule has 0 aliphatic rings. The number of esters is 1. The number of rotatable bonds is 3. The predicted molar refractivity (Wildman–Crippen MR) is 60.2 cm³/mol. The highest BCUT2D eigenvalue weighted by atomic mass is 32.2. The number of thiocarbonyl (C=S) groups is 1. The summed E-state index contributed by atoms with van der Waals surface area (Å²) in [7, 11) is 0. The second-order valence-corrected chi connectivity index (χ2v) is 3.95. The molecule has 0 fully saturated rings. The Morgan fingerprint density at radius 2 is 2.00 bits per heavy atom. The maximum atomic E-state index is 12.3. The van der Waals surface area contributed by atoms with Gasteiger partial charge in [-0.1, -0.05) is 7.43 Å². The van der Waals surface area contributed by atoms with E-state index in [2.05, 4.69) is 21.7 Å². The molecule has 0 heterocycles. The summed E-state index contributed by atoms with van der Waals surface area (Å²) in [5.74, 6) is -1.02. The lowest BCUT2D eigenvalue weighted by molar-refractivity contribution is -0.195. The summed E-state index contributed by atoms with van der Waals surface area (Å²) in [4.78, 5) is 10.4. The summed E-state index contributed by atoms with van der Waals surface area (Å²) in [6.45, 7) is 2.64. The maximum Gasteiger partial charge on any atom is 0.435 e. The summed E-state index contributed by atoms with van der Waals surface area (Å²) in [5, 5.41) is 0. The number of hydrogen-bond acceptors (Lipinski definition) is 5. The highest BCUT2D eigenvalue weighted by Gasteiger charge is 2.44. The van der Waals surface area contributed by atoms with Gasteiger partial charge in [0.2, 0.25) is 4.38 Å². The van der Waals surface area contributed by atoms with Crippen molar-refractivity contribution in [2.45, 2.75) is 32.9 Å². The normalized spacial score (nSPS) is 12.3. The van der Waals surface area contributed by atoms with E-state index < -0.39 is 17.6 Å². The molecule has 0 spiro atoms. The Hall–Kier alpha value is -0.500. The van der Waals surface area contributed by atoms with Crippen molar-refractivity contribution in [2.75, 3.05) is 6.61 Å². The molecule has 96 valence electrons. The van der Waals surface area contributed by atoms with Crippen molar-refractivity contribution >= 4 is 34.3 Å². The van der Waals surface area contributed by atoms with Gasteiger partial charge in [0.25, 0.3) is 5.44 Å². The number of carbonyl (C=O) groups excluding carboxylic acids is 1. The Labute approximate surface area is 102 Å². The molecule has 3 nitrogen and oxygen atoms in total. The third-order valence-electron chi connectivity index (χ3n) is 1.01. The van der Waals surface area contributed by atoms with Gasteiger partial charge in [-0.2, -0.15) is 13.2 Å². The van der Waals surface area contributed by atoms with Gasteiger partial charge in [-0.15, -0.1) is 0 Å². The number of carbonyl (C=O) groups is 1. The van der Waals surface area contributed by atoms with E-state index in [-0.39, 0.29) is 30.2 Å². The lowest BCUT2D eigenvalue weighted by Crippen LogP contribution is -2.31. The van der Waals surface area contributed by atoms with Crippen LogP contribution in [0.5, 0.6) is 0 Å². The molecule has 0 rings (SSSR count). The smallest absolute Gasteiger partial charge is 0.435 e. The Morgan fingerprint density at radius 1 is 1.50 bits per heavy atom. The average Bonchev–Trinajstić information content (AvgIpc) is 2.00. The Morgan fingerprint density at radius 3 is 2.31 bits per heavy atom. The quantitative estimate of drug-likeness (QED) is 0.450. The van der Waals surface area contributed by atoms with Crippen molar-refractivity contribution in [3.05, 3.63) is 0 Å². The number of thioether (sulfide) groups is 1. The molecule has 0 aliphatic heterocycles. The highest BCUT2D eigenvalue weighted by molar-refractivity contribution is 8.22. The van der Waals surface area contributed by atoms with E-state index in [1.807, 2.05) is 0 Å². The van der Waals surface area contributed by atoms with Crippen LogP contribution >= 0.6 is 24.0 Å². The molecule has 0 saturated heterocycles. The van der Waals surface area contributed by atoms with Crippen LogP contribution < -0.4 is 0 Å². The van der Waals surface area contributed by atoms with Gasteiger partial charge >= 0.3 is 12.1 Å². The van der Waals surface area contributed by atoms with Crippen molar-refractivity contribution in [1.29, 1.82) is 0 Å². The predicted octanol–water partition coefficient (Wildman–Crippen LogP) is 3.13. The fraction of sp³-hybridized carbons (Fsp3) is 0.750. The molecule has 8 heteroatoms. The van der Waals surface area contributed by atoms with Crippen molar-refractivity contribution in [2.24, 2.45) is 0 Å². The molecule has 1 atom stereocenters. The van der Waals surface area contributed by atoms with Gasteiger partial charge < -0.3 is 9.47 Å². The van der Waals surface area contributed by atoms with Gasteiger partial charge in [-0.25, -0.2) is 0 Å². The number of halogens is 3. The SMILES string of the molecule is C.CCOC(=S)SC(OC(C)=O)C(F)(F)F. The molecular weight excluding hydrogens is 265 g/mol. The van der Waals surface area contributed by atoms with Crippen LogP contribution in [0.4, 0.5) is 13.2 Å². The third-order valence-corrected chi connectivity index (χ3v) is 2.30. The molecular formula is C8H13F3O3S2. The molecule has 0 aromatic carbocycles. The first-order chi connectivity index (χ1) is 6.77. The van der Waals surface area contributed by atoms with E-state index >= 15 is 0 Å². The summed E-state index contributed by atoms with van der Waals surface area (Å²) in [5.41, 5.74) is -2.31. The van der Waals surface area contributed by atoms with Crippen molar-refractivity contribution < 1.29 is 27.4 Å². The molecule has 0 bridgehead atoms. The summed E-state index contributed by atoms with van der Waals surface area (Å²) in [6, 6.07) is 0. The first-order valence-electron chi connectivity index (χ1n) is 3.84. The third kappa shape index (κ3) is 7.75. The van der Waals surface area contributed by atoms with E-state index in [0.29, 0.717) is 0 Å². The van der Waals surface area contributed by atoms with Crippen LogP contribution in [0.15, 0.2) is 0 Å². The maximum absolute atomic E-state index is 12.3. The molecule has 0 N–H and O–H groups in total. The molecule has 1 unspecified atom stereocenters. The fourth-order valence-electron chi connectivity index (χ4n) is 0.548. The molecule has 0 aromatic heterocycles. The van der Waals surface area contributed by atoms with Crippen molar-refractivity contribution in [3.63, 3.8) is 0 Å². The monoisotopic (exact) mass is 278 g/mol. The van der Waals surface area contributed by atoms with E-state index in [4.69, 9.17) is 0 Å². The van der Waals surface area contributed by atoms with Gasteiger partial charge in [0.1, 0.15) is 0 Å². The lowest BCUT2D eigenvalue weighted by Gasteiger charge is -2.19. The number of alkyl halides is 3. The van der Waals surface area contributed by atoms with Crippen LogP contribution in [0, 0.1) is 0 Å². The summed E-state index contributed by atoms with van der Waals surface area (Å²) >= 11 is 4.65. The Balaban J connectivity index is 0. The zero-order valence-electron chi connectivity index (χ0n) is 7.96. The van der Waals surface area contributed by atoms with Gasteiger partial charge in [0, 0.05) is 6.92 Å². The van der Waals surface area contributed by atoms with Crippen molar-refractivity contribution in [1.82, 2.24) is 0 Å². The van der Waals surface area contributed by atoms with Gasteiger partial charge in [-0.05, 0) is 30.9 Å². The second-order valence-electron chi connectivity index (χ2n) is 2.28. The average molecular weight is 278 g/mol. The number of hydrogen-bond donors (Lipinski definition) is 0. The van der Waals surface area contributed by atoms with E-state index in [9.17, 15) is 18.0 Å². The van der Waals surface area contributed by atoms with Gasteiger partial charge in [0.05, 0.1) is 6.61 Å². The Kier molecular flexibility index (Phi) is 8.63. The van der Waals surface area contributed by atoms with Crippen LogP contribution in [0.3, 0.4) is 0 Å². The zero-order valence-corrected chi connectivity index (χ0v) is 9.59. The lowest BCUT2D eigenvalue weighted by atomic mass is 10.7. The summed E-state index contributed by atoms with van der Waals surface area (Å²) in [6.07, 6.45) is -4.67. The van der Waals surface area contributed by atoms with Crippen LogP contribution in [0.2, 0.25) is 0 Å². The standard InChI is InChI=1S/C7H9F3O3S2.CH4/c1-3-12-6(14)15-5(7(8,9)10)13-4(2)11;/h5H,3H2,1-2H3;1H4. The Bertz CT molecular complexity index is 243. The van der Waals surface area contributed by atoms with Crippen molar-refractivity contribution in [3.8, 4) is 0 Å². The second kappa shape index (κ2) is 7.72. The molecule has 0 aromatic rings. The van der Waals surface area contributed by atoms with Gasteiger partial charge in [0.15, 0.2) is 0 Å². The largest absolute Gasteiger partial charge is 0.479 e. The van der Waals surface area contributed by atoms with Crippen LogP contribution in [0.1, 0.15) is 21.3 Å². The first-order valence-corrected chi connectivity index (χ1v) is 5.13. The van der Waals surface area contributed by atoms with E-state index in [0.717, 1.165) is 6.92 Å². The van der Waals surface area contributed by atoms with Gasteiger partial charge in [-0.3, -0.25) is 4.79 Å². The minimum Gasteiger partial charge on any atom is -0.479 e. The minimum atomic E-state index is -4.67. The van der Waals surface area contributed by atoms with E-state index in [1.54, 1.807) is 6.92 Å². The van der Waals surface area contributed by atoms with E-state index in [1.165, 1.54) is 0 Å². The molecule has 0 amide bonds. The zero-order chi connectivity index (χ0) is 12.1. The molecule has 0 aliphatic carbocycles. The molecule has 0 radical (unpaired) electrons. The summed E-state index contributed by atoms with van der Waals surface area (Å²) < 4.78 is 45.2. The first kappa shape index (κ1) is 17.9.